The molecule has 1 amide bonds. The van der Waals surface area contributed by atoms with E-state index in [1.165, 1.54) is 24.3 Å². The van der Waals surface area contributed by atoms with Gasteiger partial charge in [0.1, 0.15) is 5.82 Å². The number of hydrogen-bond donors (Lipinski definition) is 2. The molecule has 2 aromatic carbocycles. The molecule has 2 aromatic rings. The maximum absolute atomic E-state index is 13.0. The monoisotopic (exact) mass is 312 g/mol. The molecule has 118 valence electrons. The van der Waals surface area contributed by atoms with E-state index in [4.69, 9.17) is 0 Å². The van der Waals surface area contributed by atoms with Crippen LogP contribution in [0, 0.1) is 5.82 Å². The van der Waals surface area contributed by atoms with Gasteiger partial charge in [-0.3, -0.25) is 4.79 Å². The topological polar surface area (TPSA) is 52.6 Å². The summed E-state index contributed by atoms with van der Waals surface area (Å²) < 4.78 is 13.0. The predicted octanol–water partition coefficient (Wildman–Crippen LogP) is 2.22. The van der Waals surface area contributed by atoms with Crippen molar-refractivity contribution in [1.29, 1.82) is 0 Å². The number of benzene rings is 2. The lowest BCUT2D eigenvalue weighted by Gasteiger charge is -2.57. The molecule has 4 rings (SSSR count). The lowest BCUT2D eigenvalue weighted by atomic mass is 9.72. The largest absolute Gasteiger partial charge is 0.394 e. The van der Waals surface area contributed by atoms with E-state index in [9.17, 15) is 14.3 Å². The second kappa shape index (κ2) is 5.35. The van der Waals surface area contributed by atoms with Crippen molar-refractivity contribution >= 4 is 11.6 Å². The normalized spacial score (nSPS) is 25.0. The fourth-order valence-corrected chi connectivity index (χ4v) is 3.79. The number of anilines is 1. The Morgan fingerprint density at radius 3 is 2.70 bits per heavy atom. The van der Waals surface area contributed by atoms with Crippen LogP contribution in [0.5, 0.6) is 0 Å². The van der Waals surface area contributed by atoms with Crippen LogP contribution in [-0.2, 0) is 0 Å². The summed E-state index contributed by atoms with van der Waals surface area (Å²) in [7, 11) is 0. The summed E-state index contributed by atoms with van der Waals surface area (Å²) in [5.41, 5.74) is 2.66. The molecule has 2 aliphatic rings. The highest BCUT2D eigenvalue weighted by Gasteiger charge is 2.53. The first-order valence-electron chi connectivity index (χ1n) is 7.72. The van der Waals surface area contributed by atoms with Crippen LogP contribution in [0.3, 0.4) is 0 Å². The van der Waals surface area contributed by atoms with Crippen molar-refractivity contribution in [3.8, 4) is 0 Å². The molecule has 23 heavy (non-hydrogen) atoms. The van der Waals surface area contributed by atoms with Gasteiger partial charge in [0, 0.05) is 23.7 Å². The minimum absolute atomic E-state index is 0.0135. The van der Waals surface area contributed by atoms with Gasteiger partial charge in [0.2, 0.25) is 0 Å². The number of nitrogens with one attached hydrogen (secondary N) is 1. The molecule has 2 N–H and O–H groups in total. The van der Waals surface area contributed by atoms with Gasteiger partial charge in [0.25, 0.3) is 5.91 Å². The number of halogens is 1. The highest BCUT2D eigenvalue weighted by atomic mass is 19.1. The summed E-state index contributed by atoms with van der Waals surface area (Å²) >= 11 is 0. The van der Waals surface area contributed by atoms with Gasteiger partial charge in [-0.15, -0.1) is 0 Å². The standard InChI is InChI=1S/C18H17FN2O2/c19-12-7-5-11(6-8-12)18(23)21-15-9-20-14-4-2-1-3-13(14)17(15)16(21)10-22/h1-8,15-17,20,22H,9-10H2/t15-,16-,17+/m0/s1. The summed E-state index contributed by atoms with van der Waals surface area (Å²) in [6, 6.07) is 13.3. The van der Waals surface area contributed by atoms with Crippen molar-refractivity contribution < 1.29 is 14.3 Å². The van der Waals surface area contributed by atoms with E-state index in [0.29, 0.717) is 12.1 Å². The van der Waals surface area contributed by atoms with Crippen LogP contribution in [0.15, 0.2) is 48.5 Å². The van der Waals surface area contributed by atoms with E-state index < -0.39 is 0 Å². The molecule has 4 nitrogen and oxygen atoms in total. The Labute approximate surface area is 133 Å². The molecule has 1 fully saturated rings. The Kier molecular flexibility index (Phi) is 3.31. The number of aliphatic hydroxyl groups excluding tert-OH is 1. The third-order valence-corrected chi connectivity index (χ3v) is 4.88. The van der Waals surface area contributed by atoms with Crippen molar-refractivity contribution in [1.82, 2.24) is 4.90 Å². The molecule has 5 heteroatoms. The number of para-hydroxylation sites is 1. The summed E-state index contributed by atoms with van der Waals surface area (Å²) in [5.74, 6) is -0.386. The molecule has 0 radical (unpaired) electrons. The molecule has 3 atom stereocenters. The van der Waals surface area contributed by atoms with Gasteiger partial charge in [0.05, 0.1) is 18.7 Å². The molecule has 0 aliphatic carbocycles. The number of aliphatic hydroxyl groups is 1. The lowest BCUT2D eigenvalue weighted by molar-refractivity contribution is -0.0221. The quantitative estimate of drug-likeness (QED) is 0.894. The van der Waals surface area contributed by atoms with Crippen LogP contribution < -0.4 is 5.32 Å². The first-order chi connectivity index (χ1) is 11.2. The highest BCUT2D eigenvalue weighted by molar-refractivity contribution is 5.95. The Balaban J connectivity index is 1.65. The van der Waals surface area contributed by atoms with Crippen molar-refractivity contribution in [2.45, 2.75) is 18.0 Å². The summed E-state index contributed by atoms with van der Waals surface area (Å²) in [6.07, 6.45) is 0. The van der Waals surface area contributed by atoms with Crippen LogP contribution in [0.1, 0.15) is 21.8 Å². The highest BCUT2D eigenvalue weighted by Crippen LogP contribution is 2.46. The van der Waals surface area contributed by atoms with Gasteiger partial charge in [-0.1, -0.05) is 18.2 Å². The molecule has 0 spiro atoms. The van der Waals surface area contributed by atoms with Gasteiger partial charge in [-0.05, 0) is 35.9 Å². The number of carbonyl (C=O) groups excluding carboxylic acids is 1. The number of rotatable bonds is 2. The molecular weight excluding hydrogens is 295 g/mol. The Morgan fingerprint density at radius 2 is 1.96 bits per heavy atom. The number of likely N-dealkylation sites (tertiary alicyclic amines) is 1. The first kappa shape index (κ1) is 14.2. The summed E-state index contributed by atoms with van der Waals surface area (Å²) in [6.45, 7) is 0.577. The molecule has 2 heterocycles. The number of carbonyl (C=O) groups is 1. The Bertz CT molecular complexity index is 747. The van der Waals surface area contributed by atoms with Crippen molar-refractivity contribution in [3.05, 3.63) is 65.5 Å². The molecule has 2 aliphatic heterocycles. The number of fused-ring (bicyclic) bond motifs is 3. The second-order valence-electron chi connectivity index (χ2n) is 6.03. The van der Waals surface area contributed by atoms with Crippen LogP contribution in [-0.4, -0.2) is 41.1 Å². The third-order valence-electron chi connectivity index (χ3n) is 4.88. The van der Waals surface area contributed by atoms with Gasteiger partial charge in [-0.25, -0.2) is 4.39 Å². The lowest BCUT2D eigenvalue weighted by Crippen LogP contribution is -2.69. The minimum Gasteiger partial charge on any atom is -0.394 e. The van der Waals surface area contributed by atoms with E-state index in [1.54, 1.807) is 4.90 Å². The van der Waals surface area contributed by atoms with Gasteiger partial charge in [-0.2, -0.15) is 0 Å². The molecule has 0 bridgehead atoms. The van der Waals surface area contributed by atoms with Crippen LogP contribution in [0.25, 0.3) is 0 Å². The zero-order valence-corrected chi connectivity index (χ0v) is 12.4. The Morgan fingerprint density at radius 1 is 1.22 bits per heavy atom. The predicted molar refractivity (Wildman–Crippen MR) is 84.9 cm³/mol. The minimum atomic E-state index is -0.366. The zero-order chi connectivity index (χ0) is 16.0. The third kappa shape index (κ3) is 2.11. The van der Waals surface area contributed by atoms with Crippen molar-refractivity contribution in [2.24, 2.45) is 0 Å². The fraction of sp³-hybridized carbons (Fsp3) is 0.278. The zero-order valence-electron chi connectivity index (χ0n) is 12.4. The second-order valence-corrected chi connectivity index (χ2v) is 6.03. The molecule has 0 saturated carbocycles. The SMILES string of the molecule is O=C(c1ccc(F)cc1)N1[C@@H](CO)[C@@H]2c3ccccc3NC[C@@H]21. The van der Waals surface area contributed by atoms with E-state index in [2.05, 4.69) is 5.32 Å². The van der Waals surface area contributed by atoms with Crippen LogP contribution in [0.2, 0.25) is 0 Å². The van der Waals surface area contributed by atoms with Gasteiger partial charge >= 0.3 is 0 Å². The maximum Gasteiger partial charge on any atom is 0.254 e. The number of amides is 1. The Hall–Kier alpha value is -2.40. The average molecular weight is 312 g/mol. The molecule has 0 unspecified atom stereocenters. The van der Waals surface area contributed by atoms with Gasteiger partial charge < -0.3 is 15.3 Å². The van der Waals surface area contributed by atoms with Crippen molar-refractivity contribution in [3.63, 3.8) is 0 Å². The smallest absolute Gasteiger partial charge is 0.254 e. The first-order valence-corrected chi connectivity index (χ1v) is 7.72. The fourth-order valence-electron chi connectivity index (χ4n) is 3.79. The number of hydrogen-bond acceptors (Lipinski definition) is 3. The van der Waals surface area contributed by atoms with E-state index >= 15 is 0 Å². The van der Waals surface area contributed by atoms with Crippen LogP contribution >= 0.6 is 0 Å². The van der Waals surface area contributed by atoms with Gasteiger partial charge in [0.15, 0.2) is 0 Å². The number of nitrogens with zero attached hydrogens (tertiary/aromatic N) is 1. The van der Waals surface area contributed by atoms with Crippen molar-refractivity contribution in [2.75, 3.05) is 18.5 Å². The summed E-state index contributed by atoms with van der Waals surface area (Å²) in [4.78, 5) is 14.5. The van der Waals surface area contributed by atoms with E-state index in [0.717, 1.165) is 11.3 Å². The van der Waals surface area contributed by atoms with Crippen LogP contribution in [0.4, 0.5) is 10.1 Å². The van der Waals surface area contributed by atoms with E-state index in [-0.39, 0.29) is 36.3 Å². The van der Waals surface area contributed by atoms with E-state index in [1.807, 2.05) is 24.3 Å². The molecular formula is C18H17FN2O2. The summed E-state index contributed by atoms with van der Waals surface area (Å²) in [5, 5.41) is 13.1. The molecule has 1 saturated heterocycles. The average Bonchev–Trinajstić information content (AvgIpc) is 2.56. The maximum atomic E-state index is 13.0. The molecule has 0 aromatic heterocycles.